The van der Waals surface area contributed by atoms with Crippen molar-refractivity contribution in [1.29, 1.82) is 0 Å². The van der Waals surface area contributed by atoms with E-state index in [1.165, 1.54) is 51.4 Å². The van der Waals surface area contributed by atoms with Crippen LogP contribution in [0, 0.1) is 5.92 Å². The Balaban J connectivity index is 1.81. The molecule has 0 spiro atoms. The molecule has 1 atom stereocenters. The Labute approximate surface area is 87.2 Å². The fourth-order valence-corrected chi connectivity index (χ4v) is 3.00. The first-order chi connectivity index (χ1) is 6.79. The molecule has 2 fully saturated rings. The van der Waals surface area contributed by atoms with Crippen molar-refractivity contribution < 1.29 is 4.74 Å². The lowest BCUT2D eigenvalue weighted by Gasteiger charge is -2.37. The third-order valence-corrected chi connectivity index (χ3v) is 3.80. The minimum atomic E-state index is 0.156. The number of hydrogen-bond donors (Lipinski definition) is 1. The molecule has 2 rings (SSSR count). The Hall–Kier alpha value is -0.0800. The molecule has 0 bridgehead atoms. The van der Waals surface area contributed by atoms with Crippen LogP contribution < -0.4 is 5.73 Å². The van der Waals surface area contributed by atoms with Crippen molar-refractivity contribution in [2.24, 2.45) is 11.7 Å². The predicted molar refractivity (Wildman–Crippen MR) is 58.2 cm³/mol. The summed E-state index contributed by atoms with van der Waals surface area (Å²) in [7, 11) is 0. The average Bonchev–Trinajstić information content (AvgIpc) is 2.19. The number of ether oxygens (including phenoxy) is 1. The average molecular weight is 197 g/mol. The van der Waals surface area contributed by atoms with Crippen molar-refractivity contribution in [3.63, 3.8) is 0 Å². The highest BCUT2D eigenvalue weighted by Gasteiger charge is 2.31. The van der Waals surface area contributed by atoms with Gasteiger partial charge in [0.25, 0.3) is 0 Å². The van der Waals surface area contributed by atoms with Gasteiger partial charge in [0, 0.05) is 18.8 Å². The van der Waals surface area contributed by atoms with Crippen LogP contribution >= 0.6 is 0 Å². The SMILES string of the molecule is NC1(CC2CCCOC2)CCCCC1. The number of hydrogen-bond acceptors (Lipinski definition) is 2. The zero-order valence-electron chi connectivity index (χ0n) is 9.13. The summed E-state index contributed by atoms with van der Waals surface area (Å²) in [6, 6.07) is 0. The van der Waals surface area contributed by atoms with Crippen molar-refractivity contribution in [2.75, 3.05) is 13.2 Å². The van der Waals surface area contributed by atoms with Crippen LogP contribution in [-0.4, -0.2) is 18.8 Å². The molecule has 1 saturated carbocycles. The van der Waals surface area contributed by atoms with E-state index in [0.717, 1.165) is 19.1 Å². The van der Waals surface area contributed by atoms with Crippen LogP contribution in [0.15, 0.2) is 0 Å². The van der Waals surface area contributed by atoms with E-state index in [-0.39, 0.29) is 5.54 Å². The zero-order chi connectivity index (χ0) is 9.86. The summed E-state index contributed by atoms with van der Waals surface area (Å²) >= 11 is 0. The summed E-state index contributed by atoms with van der Waals surface area (Å²) in [4.78, 5) is 0. The van der Waals surface area contributed by atoms with Crippen molar-refractivity contribution in [2.45, 2.75) is 56.9 Å². The van der Waals surface area contributed by atoms with Crippen LogP contribution in [0.25, 0.3) is 0 Å². The summed E-state index contributed by atoms with van der Waals surface area (Å²) in [5.41, 5.74) is 6.59. The number of rotatable bonds is 2. The Bertz CT molecular complexity index is 169. The molecule has 2 aliphatic rings. The van der Waals surface area contributed by atoms with Gasteiger partial charge in [-0.05, 0) is 38.0 Å². The monoisotopic (exact) mass is 197 g/mol. The third kappa shape index (κ3) is 2.71. The van der Waals surface area contributed by atoms with Gasteiger partial charge in [-0.3, -0.25) is 0 Å². The fourth-order valence-electron chi connectivity index (χ4n) is 3.00. The van der Waals surface area contributed by atoms with Crippen molar-refractivity contribution >= 4 is 0 Å². The second kappa shape index (κ2) is 4.63. The lowest BCUT2D eigenvalue weighted by atomic mass is 9.75. The summed E-state index contributed by atoms with van der Waals surface area (Å²) in [6.07, 6.45) is 10.3. The molecular formula is C12H23NO. The third-order valence-electron chi connectivity index (χ3n) is 3.80. The van der Waals surface area contributed by atoms with Crippen molar-refractivity contribution in [3.8, 4) is 0 Å². The van der Waals surface area contributed by atoms with Gasteiger partial charge in [-0.1, -0.05) is 19.3 Å². The van der Waals surface area contributed by atoms with Crippen LogP contribution in [0.4, 0.5) is 0 Å². The Morgan fingerprint density at radius 1 is 1.14 bits per heavy atom. The van der Waals surface area contributed by atoms with Gasteiger partial charge in [0.1, 0.15) is 0 Å². The molecule has 2 N–H and O–H groups in total. The molecule has 0 aromatic carbocycles. The maximum absolute atomic E-state index is 6.43. The summed E-state index contributed by atoms with van der Waals surface area (Å²) in [5, 5.41) is 0. The Morgan fingerprint density at radius 2 is 1.93 bits per heavy atom. The highest BCUT2D eigenvalue weighted by molar-refractivity contribution is 4.89. The summed E-state index contributed by atoms with van der Waals surface area (Å²) < 4.78 is 5.51. The first kappa shape index (κ1) is 10.4. The van der Waals surface area contributed by atoms with Gasteiger partial charge in [-0.15, -0.1) is 0 Å². The first-order valence-corrected chi connectivity index (χ1v) is 6.15. The van der Waals surface area contributed by atoms with E-state index in [4.69, 9.17) is 10.5 Å². The van der Waals surface area contributed by atoms with E-state index in [9.17, 15) is 0 Å². The maximum atomic E-state index is 6.43. The van der Waals surface area contributed by atoms with E-state index in [2.05, 4.69) is 0 Å². The van der Waals surface area contributed by atoms with Crippen LogP contribution in [0.1, 0.15) is 51.4 Å². The second-order valence-corrected chi connectivity index (χ2v) is 5.21. The van der Waals surface area contributed by atoms with Gasteiger partial charge >= 0.3 is 0 Å². The molecule has 2 heteroatoms. The first-order valence-electron chi connectivity index (χ1n) is 6.15. The molecule has 14 heavy (non-hydrogen) atoms. The minimum Gasteiger partial charge on any atom is -0.381 e. The lowest BCUT2D eigenvalue weighted by Crippen LogP contribution is -2.44. The Morgan fingerprint density at radius 3 is 2.57 bits per heavy atom. The van der Waals surface area contributed by atoms with E-state index in [0.29, 0.717) is 0 Å². The second-order valence-electron chi connectivity index (χ2n) is 5.21. The molecule has 2 nitrogen and oxygen atoms in total. The molecule has 1 unspecified atom stereocenters. The standard InChI is InChI=1S/C12H23NO/c13-12(6-2-1-3-7-12)9-11-5-4-8-14-10-11/h11H,1-10,13H2. The Kier molecular flexibility index (Phi) is 3.45. The van der Waals surface area contributed by atoms with Crippen molar-refractivity contribution in [1.82, 2.24) is 0 Å². The van der Waals surface area contributed by atoms with E-state index < -0.39 is 0 Å². The normalized spacial score (nSPS) is 32.8. The molecule has 0 aromatic rings. The van der Waals surface area contributed by atoms with Gasteiger partial charge < -0.3 is 10.5 Å². The lowest BCUT2D eigenvalue weighted by molar-refractivity contribution is 0.0384. The maximum Gasteiger partial charge on any atom is 0.0494 e. The fraction of sp³-hybridized carbons (Fsp3) is 1.00. The molecular weight excluding hydrogens is 174 g/mol. The highest BCUT2D eigenvalue weighted by atomic mass is 16.5. The quantitative estimate of drug-likeness (QED) is 0.738. The molecule has 1 heterocycles. The van der Waals surface area contributed by atoms with E-state index >= 15 is 0 Å². The van der Waals surface area contributed by atoms with Gasteiger partial charge in [0.05, 0.1) is 0 Å². The van der Waals surface area contributed by atoms with Crippen LogP contribution in [0.2, 0.25) is 0 Å². The van der Waals surface area contributed by atoms with Crippen LogP contribution in [0.5, 0.6) is 0 Å². The predicted octanol–water partition coefficient (Wildman–Crippen LogP) is 2.46. The topological polar surface area (TPSA) is 35.2 Å². The highest BCUT2D eigenvalue weighted by Crippen LogP contribution is 2.33. The molecule has 1 aliphatic carbocycles. The largest absolute Gasteiger partial charge is 0.381 e. The molecule has 1 saturated heterocycles. The molecule has 0 amide bonds. The molecule has 1 aliphatic heterocycles. The van der Waals surface area contributed by atoms with Crippen molar-refractivity contribution in [3.05, 3.63) is 0 Å². The van der Waals surface area contributed by atoms with Crippen LogP contribution in [-0.2, 0) is 4.74 Å². The van der Waals surface area contributed by atoms with Gasteiger partial charge in [-0.25, -0.2) is 0 Å². The number of nitrogens with two attached hydrogens (primary N) is 1. The van der Waals surface area contributed by atoms with Crippen LogP contribution in [0.3, 0.4) is 0 Å². The van der Waals surface area contributed by atoms with Gasteiger partial charge in [0.2, 0.25) is 0 Å². The van der Waals surface area contributed by atoms with Gasteiger partial charge in [0.15, 0.2) is 0 Å². The molecule has 0 radical (unpaired) electrons. The van der Waals surface area contributed by atoms with E-state index in [1.807, 2.05) is 0 Å². The molecule has 0 aromatic heterocycles. The molecule has 82 valence electrons. The minimum absolute atomic E-state index is 0.156. The summed E-state index contributed by atoms with van der Waals surface area (Å²) in [6.45, 7) is 1.92. The smallest absolute Gasteiger partial charge is 0.0494 e. The van der Waals surface area contributed by atoms with E-state index in [1.54, 1.807) is 0 Å². The summed E-state index contributed by atoms with van der Waals surface area (Å²) in [5.74, 6) is 0.742. The zero-order valence-corrected chi connectivity index (χ0v) is 9.13. The van der Waals surface area contributed by atoms with Gasteiger partial charge in [-0.2, -0.15) is 0 Å².